The minimum Gasteiger partial charge on any atom is -0.395 e. The van der Waals surface area contributed by atoms with Crippen molar-refractivity contribution < 1.29 is 13.9 Å². The van der Waals surface area contributed by atoms with Gasteiger partial charge in [-0.2, -0.15) is 0 Å². The first-order valence-electron chi connectivity index (χ1n) is 6.82. The Kier molecular flexibility index (Phi) is 4.70. The maximum atomic E-state index is 13.5. The van der Waals surface area contributed by atoms with Crippen molar-refractivity contribution in [3.05, 3.63) is 70.8 Å². The molecule has 0 fully saturated rings. The van der Waals surface area contributed by atoms with E-state index in [4.69, 9.17) is 5.73 Å². The number of aliphatic hydroxyl groups is 1. The van der Waals surface area contributed by atoms with E-state index >= 15 is 0 Å². The van der Waals surface area contributed by atoms with Gasteiger partial charge in [-0.15, -0.1) is 0 Å². The average molecular weight is 291 g/mol. The number of rotatable bonds is 5. The Labute approximate surface area is 123 Å². The highest BCUT2D eigenvalue weighted by Gasteiger charge is 2.31. The number of hydrogen-bond donors (Lipinski definition) is 2. The zero-order valence-corrected chi connectivity index (χ0v) is 11.9. The summed E-state index contributed by atoms with van der Waals surface area (Å²) >= 11 is 0. The van der Waals surface area contributed by atoms with Crippen LogP contribution in [0, 0.1) is 18.6 Å². The Hall–Kier alpha value is -1.78. The van der Waals surface area contributed by atoms with Crippen LogP contribution in [0.2, 0.25) is 0 Å². The molecular weight excluding hydrogens is 272 g/mol. The van der Waals surface area contributed by atoms with Crippen LogP contribution in [0.25, 0.3) is 0 Å². The molecule has 2 nitrogen and oxygen atoms in total. The van der Waals surface area contributed by atoms with Gasteiger partial charge in [0, 0.05) is 18.0 Å². The highest BCUT2D eigenvalue weighted by atomic mass is 19.1. The lowest BCUT2D eigenvalue weighted by molar-refractivity contribution is 0.195. The maximum Gasteiger partial charge on any atom is 0.126 e. The van der Waals surface area contributed by atoms with E-state index in [0.29, 0.717) is 12.0 Å². The molecule has 0 amide bonds. The van der Waals surface area contributed by atoms with Crippen molar-refractivity contribution in [3.63, 3.8) is 0 Å². The summed E-state index contributed by atoms with van der Waals surface area (Å²) in [6.45, 7) is 1.79. The van der Waals surface area contributed by atoms with Crippen molar-refractivity contribution in [2.45, 2.75) is 18.8 Å². The molecule has 2 aromatic rings. The molecular formula is C17H19F2NO. The lowest BCUT2D eigenvalue weighted by Gasteiger charge is -2.31. The third kappa shape index (κ3) is 3.46. The van der Waals surface area contributed by atoms with E-state index in [1.807, 2.05) is 31.2 Å². The summed E-state index contributed by atoms with van der Waals surface area (Å²) in [7, 11) is 0. The molecule has 0 saturated heterocycles. The summed E-state index contributed by atoms with van der Waals surface area (Å²) in [5.41, 5.74) is 7.38. The summed E-state index contributed by atoms with van der Waals surface area (Å²) in [6, 6.07) is 11.1. The zero-order chi connectivity index (χ0) is 15.5. The van der Waals surface area contributed by atoms with E-state index in [1.165, 1.54) is 12.1 Å². The molecule has 4 heteroatoms. The molecule has 0 aliphatic rings. The van der Waals surface area contributed by atoms with Crippen LogP contribution < -0.4 is 5.73 Å². The number of hydrogen-bond acceptors (Lipinski definition) is 2. The number of aryl methyl sites for hydroxylation is 1. The molecule has 0 aromatic heterocycles. The van der Waals surface area contributed by atoms with Gasteiger partial charge in [0.05, 0.1) is 6.61 Å². The minimum atomic E-state index is -0.892. The molecule has 1 atom stereocenters. The normalized spacial score (nSPS) is 14.0. The standard InChI is InChI=1S/C17H19F2NO/c1-12-3-2-4-13(5-12)9-17(10-20,11-21)14-6-15(18)8-16(19)7-14/h2-8,21H,9-11,20H2,1H3. The molecule has 0 radical (unpaired) electrons. The van der Waals surface area contributed by atoms with Crippen molar-refractivity contribution >= 4 is 0 Å². The van der Waals surface area contributed by atoms with E-state index in [2.05, 4.69) is 0 Å². The second-order valence-corrected chi connectivity index (χ2v) is 5.47. The lowest BCUT2D eigenvalue weighted by Crippen LogP contribution is -2.41. The SMILES string of the molecule is Cc1cccc(CC(CN)(CO)c2cc(F)cc(F)c2)c1. The van der Waals surface area contributed by atoms with Gasteiger partial charge in [-0.1, -0.05) is 29.8 Å². The fourth-order valence-corrected chi connectivity index (χ4v) is 2.58. The van der Waals surface area contributed by atoms with Crippen LogP contribution in [0.4, 0.5) is 8.78 Å². The highest BCUT2D eigenvalue weighted by molar-refractivity contribution is 5.32. The average Bonchev–Trinajstić information content (AvgIpc) is 2.44. The van der Waals surface area contributed by atoms with E-state index in [-0.39, 0.29) is 13.2 Å². The van der Waals surface area contributed by atoms with Crippen molar-refractivity contribution in [3.8, 4) is 0 Å². The van der Waals surface area contributed by atoms with Gasteiger partial charge >= 0.3 is 0 Å². The highest BCUT2D eigenvalue weighted by Crippen LogP contribution is 2.29. The van der Waals surface area contributed by atoms with Crippen LogP contribution in [0.3, 0.4) is 0 Å². The van der Waals surface area contributed by atoms with Crippen molar-refractivity contribution in [1.82, 2.24) is 0 Å². The number of benzene rings is 2. The smallest absolute Gasteiger partial charge is 0.126 e. The van der Waals surface area contributed by atoms with Gasteiger partial charge in [-0.3, -0.25) is 0 Å². The zero-order valence-electron chi connectivity index (χ0n) is 11.9. The first-order valence-corrected chi connectivity index (χ1v) is 6.82. The fourth-order valence-electron chi connectivity index (χ4n) is 2.58. The summed E-state index contributed by atoms with van der Waals surface area (Å²) in [5, 5.41) is 9.82. The first-order chi connectivity index (χ1) is 9.99. The van der Waals surface area contributed by atoms with Gasteiger partial charge in [0.2, 0.25) is 0 Å². The largest absolute Gasteiger partial charge is 0.395 e. The Morgan fingerprint density at radius 1 is 1.10 bits per heavy atom. The second-order valence-electron chi connectivity index (χ2n) is 5.47. The first kappa shape index (κ1) is 15.6. The number of nitrogens with two attached hydrogens (primary N) is 1. The fraction of sp³-hybridized carbons (Fsp3) is 0.294. The van der Waals surface area contributed by atoms with Crippen molar-refractivity contribution in [1.29, 1.82) is 0 Å². The minimum absolute atomic E-state index is 0.0976. The molecule has 3 N–H and O–H groups in total. The molecule has 0 spiro atoms. The lowest BCUT2D eigenvalue weighted by atomic mass is 9.76. The summed E-state index contributed by atoms with van der Waals surface area (Å²) in [5.74, 6) is -1.33. The number of aliphatic hydroxyl groups excluding tert-OH is 1. The van der Waals surface area contributed by atoms with Gasteiger partial charge in [-0.05, 0) is 36.6 Å². The topological polar surface area (TPSA) is 46.2 Å². The molecule has 0 bridgehead atoms. The molecule has 2 aromatic carbocycles. The molecule has 0 saturated carbocycles. The van der Waals surface area contributed by atoms with E-state index < -0.39 is 17.0 Å². The Morgan fingerprint density at radius 2 is 1.76 bits per heavy atom. The van der Waals surface area contributed by atoms with Crippen LogP contribution in [0.1, 0.15) is 16.7 Å². The molecule has 0 aliphatic carbocycles. The van der Waals surface area contributed by atoms with E-state index in [0.717, 1.165) is 17.2 Å². The van der Waals surface area contributed by atoms with Gasteiger partial charge in [-0.25, -0.2) is 8.78 Å². The van der Waals surface area contributed by atoms with Crippen LogP contribution in [0.15, 0.2) is 42.5 Å². The van der Waals surface area contributed by atoms with Gasteiger partial charge in [0.15, 0.2) is 0 Å². The monoisotopic (exact) mass is 291 g/mol. The van der Waals surface area contributed by atoms with Crippen LogP contribution >= 0.6 is 0 Å². The molecule has 2 rings (SSSR count). The summed E-state index contributed by atoms with van der Waals surface area (Å²) in [6.07, 6.45) is 0.421. The van der Waals surface area contributed by atoms with Crippen LogP contribution in [0.5, 0.6) is 0 Å². The van der Waals surface area contributed by atoms with Gasteiger partial charge < -0.3 is 10.8 Å². The predicted octanol–water partition coefficient (Wildman–Crippen LogP) is 2.70. The summed E-state index contributed by atoms with van der Waals surface area (Å²) < 4.78 is 26.9. The molecule has 112 valence electrons. The van der Waals surface area contributed by atoms with E-state index in [9.17, 15) is 13.9 Å². The molecule has 0 aliphatic heterocycles. The predicted molar refractivity (Wildman–Crippen MR) is 79.1 cm³/mol. The van der Waals surface area contributed by atoms with Crippen molar-refractivity contribution in [2.75, 3.05) is 13.2 Å². The Balaban J connectivity index is 2.44. The third-order valence-corrected chi connectivity index (χ3v) is 3.79. The van der Waals surface area contributed by atoms with Crippen molar-refractivity contribution in [2.24, 2.45) is 5.73 Å². The molecule has 0 heterocycles. The second kappa shape index (κ2) is 6.33. The maximum absolute atomic E-state index is 13.5. The Bertz CT molecular complexity index is 604. The van der Waals surface area contributed by atoms with Gasteiger partial charge in [0.1, 0.15) is 11.6 Å². The Morgan fingerprint density at radius 3 is 2.29 bits per heavy atom. The third-order valence-electron chi connectivity index (χ3n) is 3.79. The molecule has 21 heavy (non-hydrogen) atoms. The molecule has 1 unspecified atom stereocenters. The quantitative estimate of drug-likeness (QED) is 0.889. The van der Waals surface area contributed by atoms with Gasteiger partial charge in [0.25, 0.3) is 0 Å². The van der Waals surface area contributed by atoms with Crippen LogP contribution in [-0.4, -0.2) is 18.3 Å². The van der Waals surface area contributed by atoms with E-state index in [1.54, 1.807) is 0 Å². The number of halogens is 2. The van der Waals surface area contributed by atoms with Crippen LogP contribution in [-0.2, 0) is 11.8 Å². The summed E-state index contributed by atoms with van der Waals surface area (Å²) in [4.78, 5) is 0.